The zero-order chi connectivity index (χ0) is 6.69. The van der Waals surface area contributed by atoms with Crippen LogP contribution >= 0.6 is 0 Å². The summed E-state index contributed by atoms with van der Waals surface area (Å²) in [6.45, 7) is 0. The lowest BCUT2D eigenvalue weighted by Gasteiger charge is -1.98. The molecule has 0 aromatic carbocycles. The molecule has 0 saturated carbocycles. The highest BCUT2D eigenvalue weighted by Crippen LogP contribution is 1.87. The van der Waals surface area contributed by atoms with Crippen molar-refractivity contribution in [2.45, 2.75) is 6.23 Å². The Morgan fingerprint density at radius 2 is 2.56 bits per heavy atom. The third-order valence-corrected chi connectivity index (χ3v) is 0.870. The Bertz CT molecular complexity index is 174. The maximum absolute atomic E-state index is 10.5. The van der Waals surface area contributed by atoms with Crippen molar-refractivity contribution in [3.63, 3.8) is 0 Å². The van der Waals surface area contributed by atoms with Crippen LogP contribution in [0.15, 0.2) is 17.3 Å². The summed E-state index contributed by atoms with van der Waals surface area (Å²) in [5.74, 6) is -0.500. The second kappa shape index (κ2) is 2.41. The molecular formula is C5H6N2O2. The average molecular weight is 126 g/mol. The van der Waals surface area contributed by atoms with Crippen LogP contribution in [0.5, 0.6) is 0 Å². The van der Waals surface area contributed by atoms with Gasteiger partial charge in [0.2, 0.25) is 6.23 Å². The molecule has 1 unspecified atom stereocenters. The van der Waals surface area contributed by atoms with Gasteiger partial charge in [-0.3, -0.25) is 9.79 Å². The topological polar surface area (TPSA) is 61.7 Å². The number of rotatable bonds is 0. The number of amides is 1. The Morgan fingerprint density at radius 1 is 1.78 bits per heavy atom. The fourth-order valence-electron chi connectivity index (χ4n) is 0.447. The van der Waals surface area contributed by atoms with Gasteiger partial charge in [0, 0.05) is 12.4 Å². The molecule has 0 aromatic rings. The molecule has 9 heavy (non-hydrogen) atoms. The van der Waals surface area contributed by atoms with E-state index >= 15 is 0 Å². The molecule has 2 N–H and O–H groups in total. The van der Waals surface area contributed by atoms with Crippen LogP contribution in [0.3, 0.4) is 0 Å². The van der Waals surface area contributed by atoms with Gasteiger partial charge in [-0.1, -0.05) is 0 Å². The summed E-state index contributed by atoms with van der Waals surface area (Å²) in [7, 11) is 0. The quantitative estimate of drug-likeness (QED) is 0.438. The number of allylic oxidation sites excluding steroid dienone is 1. The Morgan fingerprint density at radius 3 is 3.33 bits per heavy atom. The lowest BCUT2D eigenvalue weighted by atomic mass is 10.5. The van der Waals surface area contributed by atoms with Crippen molar-refractivity contribution in [1.29, 1.82) is 0 Å². The normalized spacial score (nSPS) is 25.4. The second-order valence-corrected chi connectivity index (χ2v) is 1.54. The van der Waals surface area contributed by atoms with Gasteiger partial charge < -0.3 is 10.4 Å². The first-order valence-electron chi connectivity index (χ1n) is 2.47. The van der Waals surface area contributed by atoms with Crippen molar-refractivity contribution in [2.24, 2.45) is 4.99 Å². The summed E-state index contributed by atoms with van der Waals surface area (Å²) in [6, 6.07) is 0. The lowest BCUT2D eigenvalue weighted by Crippen LogP contribution is -2.28. The van der Waals surface area contributed by atoms with Gasteiger partial charge in [-0.15, -0.1) is 0 Å². The number of nitrogens with zero attached hydrogens (tertiary/aromatic N) is 1. The maximum atomic E-state index is 10.5. The van der Waals surface area contributed by atoms with E-state index in [1.807, 2.05) is 0 Å². The minimum absolute atomic E-state index is 0.500. The van der Waals surface area contributed by atoms with Gasteiger partial charge >= 0.3 is 0 Å². The molecule has 48 valence electrons. The van der Waals surface area contributed by atoms with Crippen molar-refractivity contribution >= 4 is 12.1 Å². The van der Waals surface area contributed by atoms with Crippen LogP contribution in [-0.4, -0.2) is 23.5 Å². The first-order valence-corrected chi connectivity index (χ1v) is 2.47. The first-order chi connectivity index (χ1) is 4.30. The molecule has 1 rings (SSSR count). The Hall–Kier alpha value is -1.16. The van der Waals surface area contributed by atoms with Crippen molar-refractivity contribution in [3.8, 4) is 0 Å². The third kappa shape index (κ3) is 1.36. The minimum atomic E-state index is -1.25. The monoisotopic (exact) mass is 126 g/mol. The van der Waals surface area contributed by atoms with E-state index < -0.39 is 12.1 Å². The van der Waals surface area contributed by atoms with Crippen LogP contribution in [0.25, 0.3) is 0 Å². The second-order valence-electron chi connectivity index (χ2n) is 1.54. The standard InChI is InChI=1S/C5H6N2O2/c8-4-5(9)7-3-1-2-6-4/h1-4,8H,(H,7,9). The molecule has 0 radical (unpaired) electrons. The van der Waals surface area contributed by atoms with Crippen LogP contribution in [0, 0.1) is 0 Å². The molecule has 0 aromatic heterocycles. The zero-order valence-corrected chi connectivity index (χ0v) is 4.61. The van der Waals surface area contributed by atoms with Crippen LogP contribution in [0.4, 0.5) is 0 Å². The van der Waals surface area contributed by atoms with E-state index in [-0.39, 0.29) is 0 Å². The van der Waals surface area contributed by atoms with Gasteiger partial charge in [-0.2, -0.15) is 0 Å². The number of aliphatic hydroxyl groups excluding tert-OH is 1. The van der Waals surface area contributed by atoms with Crippen molar-refractivity contribution in [2.75, 3.05) is 0 Å². The molecule has 1 atom stereocenters. The zero-order valence-electron chi connectivity index (χ0n) is 4.61. The van der Waals surface area contributed by atoms with Crippen molar-refractivity contribution < 1.29 is 9.90 Å². The lowest BCUT2D eigenvalue weighted by molar-refractivity contribution is -0.127. The molecule has 0 saturated heterocycles. The molecule has 4 heteroatoms. The molecule has 0 fully saturated rings. The van der Waals surface area contributed by atoms with Crippen LogP contribution in [-0.2, 0) is 4.79 Å². The molecule has 1 aliphatic rings. The van der Waals surface area contributed by atoms with Crippen molar-refractivity contribution in [3.05, 3.63) is 12.3 Å². The summed E-state index contributed by atoms with van der Waals surface area (Å²) >= 11 is 0. The maximum Gasteiger partial charge on any atom is 0.275 e. The van der Waals surface area contributed by atoms with E-state index in [0.29, 0.717) is 0 Å². The molecule has 0 aliphatic carbocycles. The van der Waals surface area contributed by atoms with Crippen LogP contribution in [0.2, 0.25) is 0 Å². The van der Waals surface area contributed by atoms with Gasteiger partial charge in [0.1, 0.15) is 0 Å². The average Bonchev–Trinajstić information content (AvgIpc) is 1.99. The van der Waals surface area contributed by atoms with E-state index in [4.69, 9.17) is 5.11 Å². The predicted octanol–water partition coefficient (Wildman–Crippen LogP) is -0.981. The first kappa shape index (κ1) is 5.97. The number of nitrogens with one attached hydrogen (secondary N) is 1. The largest absolute Gasteiger partial charge is 0.364 e. The van der Waals surface area contributed by atoms with Crippen LogP contribution < -0.4 is 5.32 Å². The molecule has 0 spiro atoms. The molecule has 0 bridgehead atoms. The summed E-state index contributed by atoms with van der Waals surface area (Å²) in [5, 5.41) is 11.0. The fraction of sp³-hybridized carbons (Fsp3) is 0.200. The summed E-state index contributed by atoms with van der Waals surface area (Å²) < 4.78 is 0. The summed E-state index contributed by atoms with van der Waals surface area (Å²) in [5.41, 5.74) is 0. The van der Waals surface area contributed by atoms with Gasteiger partial charge in [0.15, 0.2) is 0 Å². The number of hydrogen-bond donors (Lipinski definition) is 2. The number of hydrogen-bond acceptors (Lipinski definition) is 3. The highest BCUT2D eigenvalue weighted by molar-refractivity contribution is 5.86. The number of carbonyl (C=O) groups is 1. The number of aliphatic hydroxyl groups is 1. The molecule has 1 aliphatic heterocycles. The summed E-state index contributed by atoms with van der Waals surface area (Å²) in [6.07, 6.45) is 3.07. The van der Waals surface area contributed by atoms with E-state index in [2.05, 4.69) is 10.3 Å². The van der Waals surface area contributed by atoms with E-state index in [0.717, 1.165) is 0 Å². The van der Waals surface area contributed by atoms with E-state index in [9.17, 15) is 4.79 Å². The highest BCUT2D eigenvalue weighted by atomic mass is 16.3. The minimum Gasteiger partial charge on any atom is -0.364 e. The molecule has 1 heterocycles. The predicted molar refractivity (Wildman–Crippen MR) is 31.8 cm³/mol. The fourth-order valence-corrected chi connectivity index (χ4v) is 0.447. The Labute approximate surface area is 51.9 Å². The van der Waals surface area contributed by atoms with Gasteiger partial charge in [0.25, 0.3) is 5.91 Å². The number of carbonyl (C=O) groups excluding carboxylic acids is 1. The smallest absolute Gasteiger partial charge is 0.275 e. The third-order valence-electron chi connectivity index (χ3n) is 0.870. The molecule has 1 amide bonds. The van der Waals surface area contributed by atoms with E-state index in [1.54, 1.807) is 0 Å². The highest BCUT2D eigenvalue weighted by Gasteiger charge is 2.10. The Balaban J connectivity index is 2.69. The Kier molecular flexibility index (Phi) is 1.60. The summed E-state index contributed by atoms with van der Waals surface area (Å²) in [4.78, 5) is 13.9. The van der Waals surface area contributed by atoms with Gasteiger partial charge in [0.05, 0.1) is 0 Å². The van der Waals surface area contributed by atoms with Gasteiger partial charge in [-0.05, 0) is 6.08 Å². The molecule has 4 nitrogen and oxygen atoms in total. The SMILES string of the molecule is O=C1NC=CC=NC1O. The van der Waals surface area contributed by atoms with E-state index in [1.165, 1.54) is 18.5 Å². The van der Waals surface area contributed by atoms with Gasteiger partial charge in [-0.25, -0.2) is 0 Å². The van der Waals surface area contributed by atoms with Crippen molar-refractivity contribution in [1.82, 2.24) is 5.32 Å². The van der Waals surface area contributed by atoms with Crippen LogP contribution in [0.1, 0.15) is 0 Å². The number of aliphatic imine (C=N–C) groups is 1. The molecular weight excluding hydrogens is 120 g/mol.